The Kier molecular flexibility index (Phi) is 6.65. The van der Waals surface area contributed by atoms with Gasteiger partial charge in [0, 0.05) is 24.7 Å². The Morgan fingerprint density at radius 2 is 1.80 bits per heavy atom. The summed E-state index contributed by atoms with van der Waals surface area (Å²) in [6, 6.07) is 12.6. The third-order valence-corrected chi connectivity index (χ3v) is 3.93. The van der Waals surface area contributed by atoms with E-state index in [1.54, 1.807) is 32.4 Å². The number of hydrogen-bond donors (Lipinski definition) is 3. The van der Waals surface area contributed by atoms with E-state index < -0.39 is 6.10 Å². The molecule has 2 aromatic rings. The van der Waals surface area contributed by atoms with Gasteiger partial charge in [0.2, 0.25) is 5.91 Å². The predicted molar refractivity (Wildman–Crippen MR) is 96.7 cm³/mol. The van der Waals surface area contributed by atoms with Crippen LogP contribution in [0.4, 0.5) is 5.69 Å². The maximum Gasteiger partial charge on any atom is 0.220 e. The number of aliphatic hydroxyl groups is 1. The van der Waals surface area contributed by atoms with Gasteiger partial charge in [-0.3, -0.25) is 4.79 Å². The molecule has 0 spiro atoms. The smallest absolute Gasteiger partial charge is 0.220 e. The van der Waals surface area contributed by atoms with Gasteiger partial charge in [-0.1, -0.05) is 18.2 Å². The topological polar surface area (TPSA) is 93.8 Å². The molecular weight excluding hydrogens is 320 g/mol. The Morgan fingerprint density at radius 3 is 2.40 bits per heavy atom. The van der Waals surface area contributed by atoms with Crippen molar-refractivity contribution in [3.8, 4) is 11.5 Å². The lowest BCUT2D eigenvalue weighted by Gasteiger charge is -2.15. The molecule has 4 N–H and O–H groups in total. The van der Waals surface area contributed by atoms with E-state index in [1.807, 2.05) is 24.3 Å². The number of amides is 1. The molecule has 0 bridgehead atoms. The number of nitrogen functional groups attached to an aromatic ring is 1. The number of nitrogens with one attached hydrogen (secondary N) is 1. The van der Waals surface area contributed by atoms with Gasteiger partial charge in [0.1, 0.15) is 11.5 Å². The van der Waals surface area contributed by atoms with Crippen molar-refractivity contribution in [2.45, 2.75) is 18.9 Å². The molecule has 0 aromatic heterocycles. The minimum Gasteiger partial charge on any atom is -0.497 e. The maximum atomic E-state index is 12.0. The molecule has 6 heteroatoms. The third kappa shape index (κ3) is 5.39. The van der Waals surface area contributed by atoms with E-state index in [2.05, 4.69) is 5.32 Å². The van der Waals surface area contributed by atoms with E-state index in [-0.39, 0.29) is 12.5 Å². The van der Waals surface area contributed by atoms with Gasteiger partial charge in [-0.25, -0.2) is 0 Å². The number of hydrogen-bond acceptors (Lipinski definition) is 5. The second-order valence-electron chi connectivity index (χ2n) is 5.66. The molecule has 6 nitrogen and oxygen atoms in total. The number of aryl methyl sites for hydroxylation is 1. The molecule has 0 heterocycles. The first-order chi connectivity index (χ1) is 12.0. The number of nitrogens with two attached hydrogens (primary N) is 1. The lowest BCUT2D eigenvalue weighted by Crippen LogP contribution is -2.28. The van der Waals surface area contributed by atoms with Gasteiger partial charge in [-0.15, -0.1) is 0 Å². The van der Waals surface area contributed by atoms with Gasteiger partial charge in [-0.05, 0) is 35.7 Å². The Bertz CT molecular complexity index is 696. The van der Waals surface area contributed by atoms with Gasteiger partial charge in [0.05, 0.1) is 20.3 Å². The van der Waals surface area contributed by atoms with E-state index in [0.717, 1.165) is 5.56 Å². The Hall–Kier alpha value is -2.73. The van der Waals surface area contributed by atoms with E-state index >= 15 is 0 Å². The average Bonchev–Trinajstić information content (AvgIpc) is 2.64. The van der Waals surface area contributed by atoms with Crippen LogP contribution in [0.5, 0.6) is 11.5 Å². The van der Waals surface area contributed by atoms with Crippen molar-refractivity contribution in [2.75, 3.05) is 26.5 Å². The van der Waals surface area contributed by atoms with E-state index in [0.29, 0.717) is 35.6 Å². The summed E-state index contributed by atoms with van der Waals surface area (Å²) in [6.45, 7) is 0.111. The molecule has 0 saturated carbocycles. The van der Waals surface area contributed by atoms with Crippen molar-refractivity contribution in [1.29, 1.82) is 0 Å². The Balaban J connectivity index is 1.88. The number of para-hydroxylation sites is 1. The Labute approximate surface area is 147 Å². The molecule has 1 unspecified atom stereocenters. The first-order valence-electron chi connectivity index (χ1n) is 8.04. The van der Waals surface area contributed by atoms with Crippen molar-refractivity contribution in [3.63, 3.8) is 0 Å². The monoisotopic (exact) mass is 344 g/mol. The van der Waals surface area contributed by atoms with Crippen LogP contribution < -0.4 is 20.5 Å². The van der Waals surface area contributed by atoms with Crippen LogP contribution in [-0.2, 0) is 11.2 Å². The highest BCUT2D eigenvalue weighted by molar-refractivity contribution is 5.76. The highest BCUT2D eigenvalue weighted by atomic mass is 16.5. The molecule has 0 fully saturated rings. The van der Waals surface area contributed by atoms with E-state index in [9.17, 15) is 9.90 Å². The average molecular weight is 344 g/mol. The fourth-order valence-corrected chi connectivity index (χ4v) is 2.45. The quantitative estimate of drug-likeness (QED) is 0.637. The molecule has 1 amide bonds. The predicted octanol–water partition coefficient (Wildman–Crippen LogP) is 2.07. The van der Waals surface area contributed by atoms with E-state index in [1.165, 1.54) is 0 Å². The SMILES string of the molecule is COc1cc(OC)cc(C(O)CNC(=O)CCc2ccccc2N)c1. The lowest BCUT2D eigenvalue weighted by atomic mass is 10.1. The second kappa shape index (κ2) is 8.94. The molecule has 0 aliphatic carbocycles. The summed E-state index contributed by atoms with van der Waals surface area (Å²) in [5, 5.41) is 13.0. The highest BCUT2D eigenvalue weighted by Crippen LogP contribution is 2.26. The fraction of sp³-hybridized carbons (Fsp3) is 0.316. The molecular formula is C19H24N2O4. The second-order valence-corrected chi connectivity index (χ2v) is 5.66. The molecule has 0 saturated heterocycles. The summed E-state index contributed by atoms with van der Waals surface area (Å²) < 4.78 is 10.4. The van der Waals surface area contributed by atoms with Crippen LogP contribution in [0.3, 0.4) is 0 Å². The number of ether oxygens (including phenoxy) is 2. The summed E-state index contributed by atoms with van der Waals surface area (Å²) >= 11 is 0. The molecule has 0 radical (unpaired) electrons. The summed E-state index contributed by atoms with van der Waals surface area (Å²) in [7, 11) is 3.09. The lowest BCUT2D eigenvalue weighted by molar-refractivity contribution is -0.121. The number of anilines is 1. The highest BCUT2D eigenvalue weighted by Gasteiger charge is 2.13. The molecule has 134 valence electrons. The largest absolute Gasteiger partial charge is 0.497 e. The maximum absolute atomic E-state index is 12.0. The van der Waals surface area contributed by atoms with E-state index in [4.69, 9.17) is 15.2 Å². The van der Waals surface area contributed by atoms with Gasteiger partial charge >= 0.3 is 0 Å². The number of benzene rings is 2. The zero-order valence-electron chi connectivity index (χ0n) is 14.5. The molecule has 25 heavy (non-hydrogen) atoms. The van der Waals surface area contributed by atoms with Crippen molar-refractivity contribution >= 4 is 11.6 Å². The zero-order valence-corrected chi connectivity index (χ0v) is 14.5. The van der Waals surface area contributed by atoms with Crippen LogP contribution in [-0.4, -0.2) is 31.8 Å². The molecule has 2 rings (SSSR count). The zero-order chi connectivity index (χ0) is 18.2. The number of methoxy groups -OCH3 is 2. The first-order valence-corrected chi connectivity index (χ1v) is 8.04. The minimum absolute atomic E-state index is 0.111. The van der Waals surface area contributed by atoms with Gasteiger partial charge in [0.15, 0.2) is 0 Å². The number of rotatable bonds is 8. The van der Waals surface area contributed by atoms with Crippen molar-refractivity contribution in [1.82, 2.24) is 5.32 Å². The van der Waals surface area contributed by atoms with Crippen LogP contribution in [0.2, 0.25) is 0 Å². The molecule has 1 atom stereocenters. The normalized spacial score (nSPS) is 11.6. The Morgan fingerprint density at radius 1 is 1.16 bits per heavy atom. The van der Waals surface area contributed by atoms with Crippen LogP contribution in [0.15, 0.2) is 42.5 Å². The van der Waals surface area contributed by atoms with Crippen molar-refractivity contribution < 1.29 is 19.4 Å². The summed E-state index contributed by atoms with van der Waals surface area (Å²) in [4.78, 5) is 12.0. The van der Waals surface area contributed by atoms with Crippen LogP contribution in [0.1, 0.15) is 23.7 Å². The minimum atomic E-state index is -0.852. The van der Waals surface area contributed by atoms with Gasteiger partial charge < -0.3 is 25.6 Å². The van der Waals surface area contributed by atoms with Crippen LogP contribution in [0, 0.1) is 0 Å². The summed E-state index contributed by atoms with van der Waals surface area (Å²) in [6.07, 6.45) is 0.0129. The van der Waals surface area contributed by atoms with Crippen LogP contribution >= 0.6 is 0 Å². The van der Waals surface area contributed by atoms with Gasteiger partial charge in [0.25, 0.3) is 0 Å². The first kappa shape index (κ1) is 18.6. The molecule has 2 aromatic carbocycles. The summed E-state index contributed by atoms with van der Waals surface area (Å²) in [5.41, 5.74) is 8.10. The standard InChI is InChI=1S/C19H24N2O4/c1-24-15-9-14(10-16(11-15)25-2)18(22)12-21-19(23)8-7-13-5-3-4-6-17(13)20/h3-6,9-11,18,22H,7-8,12,20H2,1-2H3,(H,21,23). The van der Waals surface area contributed by atoms with Gasteiger partial charge in [-0.2, -0.15) is 0 Å². The summed E-state index contributed by atoms with van der Waals surface area (Å²) in [5.74, 6) is 1.02. The number of aliphatic hydroxyl groups excluding tert-OH is 1. The molecule has 0 aliphatic heterocycles. The number of carbonyl (C=O) groups is 1. The van der Waals surface area contributed by atoms with Crippen molar-refractivity contribution in [3.05, 3.63) is 53.6 Å². The van der Waals surface area contributed by atoms with Crippen LogP contribution in [0.25, 0.3) is 0 Å². The third-order valence-electron chi connectivity index (χ3n) is 3.93. The molecule has 0 aliphatic rings. The van der Waals surface area contributed by atoms with Crippen molar-refractivity contribution in [2.24, 2.45) is 0 Å². The fourth-order valence-electron chi connectivity index (χ4n) is 2.45. The number of carbonyl (C=O) groups excluding carboxylic acids is 1.